The van der Waals surface area contributed by atoms with Crippen molar-refractivity contribution in [1.82, 2.24) is 0 Å². The van der Waals surface area contributed by atoms with Crippen LogP contribution in [0, 0.1) is 36.7 Å². The zero-order valence-corrected chi connectivity index (χ0v) is 12.1. The minimum absolute atomic E-state index is 0.166. The van der Waals surface area contributed by atoms with E-state index in [9.17, 15) is 14.5 Å². The lowest BCUT2D eigenvalue weighted by Gasteiger charge is -2.13. The Morgan fingerprint density at radius 3 is 2.29 bits per heavy atom. The molecule has 0 aliphatic heterocycles. The van der Waals surface area contributed by atoms with Gasteiger partial charge in [0.15, 0.2) is 0 Å². The first kappa shape index (κ1) is 15.0. The Balaban J connectivity index is 2.17. The maximum Gasteiger partial charge on any atom is 0.304 e. The monoisotopic (exact) mass is 289 g/mol. The summed E-state index contributed by atoms with van der Waals surface area (Å²) in [7, 11) is 0. The fraction of sp³-hybridized carbons (Fsp3) is 0.250. The third-order valence-electron chi connectivity index (χ3n) is 3.20. The van der Waals surface area contributed by atoms with Crippen molar-refractivity contribution < 1.29 is 14.1 Å². The van der Waals surface area contributed by atoms with Gasteiger partial charge in [0.25, 0.3) is 0 Å². The van der Waals surface area contributed by atoms with Crippen LogP contribution >= 0.6 is 0 Å². The summed E-state index contributed by atoms with van der Waals surface area (Å²) in [4.78, 5) is 9.83. The zero-order chi connectivity index (χ0) is 15.6. The van der Waals surface area contributed by atoms with Crippen molar-refractivity contribution in [2.45, 2.75) is 27.4 Å². The summed E-state index contributed by atoms with van der Waals surface area (Å²) in [5, 5.41) is 10.6. The topological polar surface area (TPSA) is 52.4 Å². The molecular weight excluding hydrogens is 273 g/mol. The standard InChI is InChI=1S/C16H16FNO3/c1-10-6-11(2)16(12(3)7-10)21-9-13-4-5-15(18(19)20)14(17)8-13/h4-8H,9H2,1-3H3. The van der Waals surface area contributed by atoms with Crippen LogP contribution in [0.3, 0.4) is 0 Å². The Morgan fingerprint density at radius 2 is 1.76 bits per heavy atom. The highest BCUT2D eigenvalue weighted by atomic mass is 19.1. The Bertz CT molecular complexity index is 675. The van der Waals surface area contributed by atoms with E-state index < -0.39 is 16.4 Å². The van der Waals surface area contributed by atoms with Gasteiger partial charge in [-0.2, -0.15) is 4.39 Å². The van der Waals surface area contributed by atoms with Crippen molar-refractivity contribution in [2.24, 2.45) is 0 Å². The summed E-state index contributed by atoms with van der Waals surface area (Å²) in [6.45, 7) is 6.08. The molecule has 110 valence electrons. The molecule has 2 aromatic rings. The van der Waals surface area contributed by atoms with Crippen molar-refractivity contribution in [3.63, 3.8) is 0 Å². The van der Waals surface area contributed by atoms with Gasteiger partial charge in [-0.25, -0.2) is 0 Å². The van der Waals surface area contributed by atoms with Gasteiger partial charge >= 0.3 is 5.69 Å². The molecule has 21 heavy (non-hydrogen) atoms. The van der Waals surface area contributed by atoms with Gasteiger partial charge in [-0.15, -0.1) is 0 Å². The highest BCUT2D eigenvalue weighted by molar-refractivity contribution is 5.43. The summed E-state index contributed by atoms with van der Waals surface area (Å²) in [5.74, 6) is -0.0854. The Labute approximate surface area is 122 Å². The smallest absolute Gasteiger partial charge is 0.304 e. The Morgan fingerprint density at radius 1 is 1.14 bits per heavy atom. The van der Waals surface area contributed by atoms with E-state index in [2.05, 4.69) is 0 Å². The minimum Gasteiger partial charge on any atom is -0.488 e. The van der Waals surface area contributed by atoms with E-state index in [1.807, 2.05) is 32.9 Å². The molecule has 0 aromatic heterocycles. The first-order chi connectivity index (χ1) is 9.88. The fourth-order valence-corrected chi connectivity index (χ4v) is 2.34. The molecule has 0 unspecified atom stereocenters. The van der Waals surface area contributed by atoms with Crippen LogP contribution < -0.4 is 4.74 Å². The van der Waals surface area contributed by atoms with Crippen LogP contribution in [-0.2, 0) is 6.61 Å². The Kier molecular flexibility index (Phi) is 4.21. The van der Waals surface area contributed by atoms with E-state index in [-0.39, 0.29) is 6.61 Å². The second kappa shape index (κ2) is 5.91. The van der Waals surface area contributed by atoms with Crippen molar-refractivity contribution >= 4 is 5.69 Å². The van der Waals surface area contributed by atoms with Crippen molar-refractivity contribution in [2.75, 3.05) is 0 Å². The lowest BCUT2D eigenvalue weighted by atomic mass is 10.1. The zero-order valence-electron chi connectivity index (χ0n) is 12.1. The summed E-state index contributed by atoms with van der Waals surface area (Å²) in [5.41, 5.74) is 3.20. The molecule has 0 aliphatic rings. The number of ether oxygens (including phenoxy) is 1. The van der Waals surface area contributed by atoms with E-state index in [0.29, 0.717) is 5.56 Å². The van der Waals surface area contributed by atoms with Crippen LogP contribution in [0.1, 0.15) is 22.3 Å². The molecule has 0 bridgehead atoms. The lowest BCUT2D eigenvalue weighted by molar-refractivity contribution is -0.387. The third kappa shape index (κ3) is 3.37. The van der Waals surface area contributed by atoms with Crippen LogP contribution in [0.15, 0.2) is 30.3 Å². The van der Waals surface area contributed by atoms with Crippen LogP contribution in [0.4, 0.5) is 10.1 Å². The van der Waals surface area contributed by atoms with Crippen molar-refractivity contribution in [3.8, 4) is 5.75 Å². The maximum absolute atomic E-state index is 13.5. The molecule has 0 aliphatic carbocycles. The molecule has 0 fully saturated rings. The van der Waals surface area contributed by atoms with E-state index in [1.54, 1.807) is 0 Å². The number of halogens is 1. The number of rotatable bonds is 4. The average molecular weight is 289 g/mol. The average Bonchev–Trinajstić information content (AvgIpc) is 2.36. The third-order valence-corrected chi connectivity index (χ3v) is 3.20. The molecule has 0 radical (unpaired) electrons. The molecule has 0 saturated carbocycles. The van der Waals surface area contributed by atoms with Gasteiger partial charge in [-0.05, 0) is 49.6 Å². The van der Waals surface area contributed by atoms with Gasteiger partial charge < -0.3 is 4.74 Å². The van der Waals surface area contributed by atoms with E-state index in [0.717, 1.165) is 34.6 Å². The molecule has 0 saturated heterocycles. The number of nitro benzene ring substituents is 1. The fourth-order valence-electron chi connectivity index (χ4n) is 2.34. The minimum atomic E-state index is -0.849. The van der Waals surface area contributed by atoms with Crippen molar-refractivity contribution in [1.29, 1.82) is 0 Å². The number of hydrogen-bond acceptors (Lipinski definition) is 3. The molecule has 0 N–H and O–H groups in total. The van der Waals surface area contributed by atoms with Gasteiger partial charge in [0.2, 0.25) is 5.82 Å². The van der Waals surface area contributed by atoms with Crippen LogP contribution in [0.5, 0.6) is 5.75 Å². The lowest BCUT2D eigenvalue weighted by Crippen LogP contribution is -2.01. The molecular formula is C16H16FNO3. The molecule has 2 rings (SSSR count). The van der Waals surface area contributed by atoms with Crippen LogP contribution in [-0.4, -0.2) is 4.92 Å². The number of aryl methyl sites for hydroxylation is 3. The molecule has 0 amide bonds. The van der Waals surface area contributed by atoms with Crippen molar-refractivity contribution in [3.05, 3.63) is 68.5 Å². The van der Waals surface area contributed by atoms with E-state index in [1.165, 1.54) is 6.07 Å². The first-order valence-corrected chi connectivity index (χ1v) is 6.52. The number of nitrogens with zero attached hydrogens (tertiary/aromatic N) is 1. The molecule has 0 spiro atoms. The summed E-state index contributed by atoms with van der Waals surface area (Å²) >= 11 is 0. The predicted molar refractivity (Wildman–Crippen MR) is 78.0 cm³/mol. The largest absolute Gasteiger partial charge is 0.488 e. The number of nitro groups is 1. The van der Waals surface area contributed by atoms with Crippen LogP contribution in [0.25, 0.3) is 0 Å². The van der Waals surface area contributed by atoms with Gasteiger partial charge in [0, 0.05) is 6.07 Å². The van der Waals surface area contributed by atoms with Gasteiger partial charge in [-0.3, -0.25) is 10.1 Å². The molecule has 0 atom stereocenters. The normalized spacial score (nSPS) is 10.5. The maximum atomic E-state index is 13.5. The highest BCUT2D eigenvalue weighted by Gasteiger charge is 2.14. The quantitative estimate of drug-likeness (QED) is 0.625. The van der Waals surface area contributed by atoms with E-state index >= 15 is 0 Å². The van der Waals surface area contributed by atoms with Gasteiger partial charge in [-0.1, -0.05) is 17.7 Å². The SMILES string of the molecule is Cc1cc(C)c(OCc2ccc([N+](=O)[O-])c(F)c2)c(C)c1. The first-order valence-electron chi connectivity index (χ1n) is 6.52. The second-order valence-corrected chi connectivity index (χ2v) is 5.06. The summed E-state index contributed by atoms with van der Waals surface area (Å²) < 4.78 is 19.3. The van der Waals surface area contributed by atoms with E-state index in [4.69, 9.17) is 4.74 Å². The molecule has 2 aromatic carbocycles. The number of hydrogen-bond donors (Lipinski definition) is 0. The van der Waals surface area contributed by atoms with Gasteiger partial charge in [0.05, 0.1) is 4.92 Å². The Hall–Kier alpha value is -2.43. The molecule has 4 nitrogen and oxygen atoms in total. The van der Waals surface area contributed by atoms with Gasteiger partial charge in [0.1, 0.15) is 12.4 Å². The summed E-state index contributed by atoms with van der Waals surface area (Å²) in [6, 6.07) is 7.82. The number of benzene rings is 2. The van der Waals surface area contributed by atoms with Crippen LogP contribution in [0.2, 0.25) is 0 Å². The predicted octanol–water partition coefficient (Wildman–Crippen LogP) is 4.24. The molecule has 5 heteroatoms. The second-order valence-electron chi connectivity index (χ2n) is 5.06. The molecule has 0 heterocycles. The highest BCUT2D eigenvalue weighted by Crippen LogP contribution is 2.26. The summed E-state index contributed by atoms with van der Waals surface area (Å²) in [6.07, 6.45) is 0.